The fourth-order valence-corrected chi connectivity index (χ4v) is 4.72. The number of carbonyl (C=O) groups excluding carboxylic acids is 3. The predicted molar refractivity (Wildman–Crippen MR) is 103 cm³/mol. The van der Waals surface area contributed by atoms with Gasteiger partial charge in [0.05, 0.1) is 30.4 Å². The van der Waals surface area contributed by atoms with Gasteiger partial charge in [0.2, 0.25) is 11.8 Å². The van der Waals surface area contributed by atoms with E-state index < -0.39 is 17.4 Å². The zero-order valence-electron chi connectivity index (χ0n) is 15.2. The first-order valence-corrected chi connectivity index (χ1v) is 9.45. The lowest BCUT2D eigenvalue weighted by Crippen LogP contribution is -2.47. The SMILES string of the molecule is O=C1[C@H]2CC[C@@]3(N=CN(Cc4ccccc4)C3=O)[C@H]2C(=O)N1c1ccccc1. The van der Waals surface area contributed by atoms with Crippen molar-refractivity contribution in [3.8, 4) is 0 Å². The summed E-state index contributed by atoms with van der Waals surface area (Å²) >= 11 is 0. The molecule has 3 aliphatic rings. The third-order valence-corrected chi connectivity index (χ3v) is 6.05. The summed E-state index contributed by atoms with van der Waals surface area (Å²) in [7, 11) is 0. The minimum absolute atomic E-state index is 0.181. The highest BCUT2D eigenvalue weighted by atomic mass is 16.2. The van der Waals surface area contributed by atoms with Gasteiger partial charge < -0.3 is 0 Å². The maximum atomic E-state index is 13.3. The van der Waals surface area contributed by atoms with Crippen LogP contribution in [-0.2, 0) is 20.9 Å². The van der Waals surface area contributed by atoms with Crippen LogP contribution in [0.2, 0.25) is 0 Å². The van der Waals surface area contributed by atoms with Crippen LogP contribution in [0, 0.1) is 11.8 Å². The molecule has 2 aromatic rings. The summed E-state index contributed by atoms with van der Waals surface area (Å²) in [5.41, 5.74) is 0.404. The van der Waals surface area contributed by atoms with Crippen LogP contribution in [0.3, 0.4) is 0 Å². The molecule has 5 rings (SSSR count). The number of amides is 3. The number of rotatable bonds is 3. The molecule has 2 heterocycles. The molecule has 0 radical (unpaired) electrons. The van der Waals surface area contributed by atoms with Gasteiger partial charge in [-0.15, -0.1) is 0 Å². The van der Waals surface area contributed by atoms with Crippen molar-refractivity contribution in [3.05, 3.63) is 66.2 Å². The minimum Gasteiger partial charge on any atom is -0.297 e. The maximum absolute atomic E-state index is 13.3. The topological polar surface area (TPSA) is 70.0 Å². The first kappa shape index (κ1) is 16.9. The van der Waals surface area contributed by atoms with Gasteiger partial charge in [-0.05, 0) is 30.5 Å². The van der Waals surface area contributed by atoms with Gasteiger partial charge in [0.15, 0.2) is 5.54 Å². The fourth-order valence-electron chi connectivity index (χ4n) is 4.72. The minimum atomic E-state index is -1.14. The number of carbonyl (C=O) groups is 3. The van der Waals surface area contributed by atoms with E-state index in [1.165, 1.54) is 4.90 Å². The number of nitrogens with zero attached hydrogens (tertiary/aromatic N) is 3. The molecular weight excluding hydrogens is 354 g/mol. The second-order valence-corrected chi connectivity index (χ2v) is 7.56. The number of benzene rings is 2. The Hall–Kier alpha value is -3.28. The number of anilines is 1. The second-order valence-electron chi connectivity index (χ2n) is 7.56. The predicted octanol–water partition coefficient (Wildman–Crippen LogP) is 2.40. The van der Waals surface area contributed by atoms with Crippen LogP contribution < -0.4 is 4.90 Å². The first-order chi connectivity index (χ1) is 13.6. The molecule has 1 aliphatic carbocycles. The largest absolute Gasteiger partial charge is 0.297 e. The molecule has 2 aromatic carbocycles. The Morgan fingerprint density at radius 2 is 1.61 bits per heavy atom. The van der Waals surface area contributed by atoms with Crippen molar-refractivity contribution in [2.45, 2.75) is 24.9 Å². The Morgan fingerprint density at radius 1 is 0.929 bits per heavy atom. The van der Waals surface area contributed by atoms with Crippen LogP contribution in [-0.4, -0.2) is 34.5 Å². The van der Waals surface area contributed by atoms with Crippen LogP contribution in [0.1, 0.15) is 18.4 Å². The van der Waals surface area contributed by atoms with Crippen LogP contribution in [0.25, 0.3) is 0 Å². The van der Waals surface area contributed by atoms with E-state index in [9.17, 15) is 14.4 Å². The van der Waals surface area contributed by atoms with E-state index in [4.69, 9.17) is 0 Å². The molecule has 2 aliphatic heterocycles. The van der Waals surface area contributed by atoms with E-state index in [2.05, 4.69) is 4.99 Å². The summed E-state index contributed by atoms with van der Waals surface area (Å²) in [6.45, 7) is 0.410. The van der Waals surface area contributed by atoms with Crippen LogP contribution >= 0.6 is 0 Å². The van der Waals surface area contributed by atoms with E-state index in [0.717, 1.165) is 5.56 Å². The monoisotopic (exact) mass is 373 g/mol. The van der Waals surface area contributed by atoms with Gasteiger partial charge in [0, 0.05) is 0 Å². The van der Waals surface area contributed by atoms with Crippen molar-refractivity contribution in [2.75, 3.05) is 4.90 Å². The van der Waals surface area contributed by atoms with E-state index in [0.29, 0.717) is 25.1 Å². The zero-order chi connectivity index (χ0) is 19.3. The van der Waals surface area contributed by atoms with Crippen molar-refractivity contribution in [2.24, 2.45) is 16.8 Å². The zero-order valence-corrected chi connectivity index (χ0v) is 15.2. The fraction of sp³-hybridized carbons (Fsp3) is 0.273. The molecule has 140 valence electrons. The van der Waals surface area contributed by atoms with Gasteiger partial charge in [-0.25, -0.2) is 4.90 Å². The highest BCUT2D eigenvalue weighted by Gasteiger charge is 2.66. The van der Waals surface area contributed by atoms with E-state index in [-0.39, 0.29) is 17.7 Å². The van der Waals surface area contributed by atoms with Gasteiger partial charge >= 0.3 is 0 Å². The Balaban J connectivity index is 1.45. The van der Waals surface area contributed by atoms with Gasteiger partial charge in [0.1, 0.15) is 0 Å². The van der Waals surface area contributed by atoms with Crippen molar-refractivity contribution < 1.29 is 14.4 Å². The highest BCUT2D eigenvalue weighted by molar-refractivity contribution is 6.24. The van der Waals surface area contributed by atoms with Gasteiger partial charge in [-0.2, -0.15) is 0 Å². The number of fused-ring (bicyclic) bond motifs is 2. The molecule has 1 saturated carbocycles. The Kier molecular flexibility index (Phi) is 3.69. The number of hydrogen-bond donors (Lipinski definition) is 0. The first-order valence-electron chi connectivity index (χ1n) is 9.45. The van der Waals surface area contributed by atoms with Gasteiger partial charge in [-0.1, -0.05) is 48.5 Å². The van der Waals surface area contributed by atoms with Crippen molar-refractivity contribution >= 4 is 29.7 Å². The lowest BCUT2D eigenvalue weighted by molar-refractivity contribution is -0.136. The van der Waals surface area contributed by atoms with Gasteiger partial charge in [0.25, 0.3) is 5.91 Å². The summed E-state index contributed by atoms with van der Waals surface area (Å²) in [6.07, 6.45) is 2.48. The summed E-state index contributed by atoms with van der Waals surface area (Å²) in [5.74, 6) is -1.91. The molecular formula is C22H19N3O3. The van der Waals surface area contributed by atoms with Gasteiger partial charge in [-0.3, -0.25) is 24.3 Å². The molecule has 0 N–H and O–H groups in total. The average molecular weight is 373 g/mol. The maximum Gasteiger partial charge on any atom is 0.256 e. The lowest BCUT2D eigenvalue weighted by Gasteiger charge is -2.26. The molecule has 1 saturated heterocycles. The Morgan fingerprint density at radius 3 is 2.32 bits per heavy atom. The Labute approximate surface area is 162 Å². The smallest absolute Gasteiger partial charge is 0.256 e. The molecule has 1 spiro atoms. The van der Waals surface area contributed by atoms with Crippen molar-refractivity contribution in [1.82, 2.24) is 4.90 Å². The molecule has 3 atom stereocenters. The highest BCUT2D eigenvalue weighted by Crippen LogP contribution is 2.51. The third kappa shape index (κ3) is 2.27. The summed E-state index contributed by atoms with van der Waals surface area (Å²) in [4.78, 5) is 46.8. The quantitative estimate of drug-likeness (QED) is 0.776. The molecule has 2 fully saturated rings. The number of imide groups is 1. The van der Waals surface area contributed by atoms with Crippen molar-refractivity contribution in [1.29, 1.82) is 0 Å². The number of hydrogen-bond acceptors (Lipinski definition) is 4. The van der Waals surface area contributed by atoms with Crippen LogP contribution in [0.15, 0.2) is 65.7 Å². The molecule has 0 unspecified atom stereocenters. The average Bonchev–Trinajstić information content (AvgIpc) is 3.34. The standard InChI is InChI=1S/C22H19N3O3/c26-19-17-11-12-22(18(17)20(27)25(19)16-9-5-2-6-10-16)21(28)24(14-23-22)13-15-7-3-1-4-8-15/h1-10,14,17-18H,11-13H2/t17-,18+,22+/m0/s1. The molecule has 6 heteroatoms. The normalized spacial score (nSPS) is 28.6. The third-order valence-electron chi connectivity index (χ3n) is 6.05. The molecule has 3 amide bonds. The summed E-state index contributed by atoms with van der Waals surface area (Å²) in [6, 6.07) is 18.6. The number of para-hydroxylation sites is 1. The van der Waals surface area contributed by atoms with Crippen LogP contribution in [0.4, 0.5) is 5.69 Å². The van der Waals surface area contributed by atoms with E-state index >= 15 is 0 Å². The van der Waals surface area contributed by atoms with Crippen LogP contribution in [0.5, 0.6) is 0 Å². The summed E-state index contributed by atoms with van der Waals surface area (Å²) in [5, 5.41) is 0. The van der Waals surface area contributed by atoms with E-state index in [1.807, 2.05) is 36.4 Å². The Bertz CT molecular complexity index is 989. The molecule has 0 aromatic heterocycles. The summed E-state index contributed by atoms with van der Waals surface area (Å²) < 4.78 is 0. The molecule has 0 bridgehead atoms. The lowest BCUT2D eigenvalue weighted by atomic mass is 9.84. The molecule has 28 heavy (non-hydrogen) atoms. The van der Waals surface area contributed by atoms with E-state index in [1.54, 1.807) is 35.5 Å². The molecule has 6 nitrogen and oxygen atoms in total. The van der Waals surface area contributed by atoms with Crippen molar-refractivity contribution in [3.63, 3.8) is 0 Å². The second kappa shape index (κ2) is 6.12. The number of aliphatic imine (C=N–C) groups is 1.